The van der Waals surface area contributed by atoms with Gasteiger partial charge in [0.2, 0.25) is 0 Å². The molecule has 2 atom stereocenters. The van der Waals surface area contributed by atoms with E-state index < -0.39 is 0 Å². The van der Waals surface area contributed by atoms with Gasteiger partial charge in [-0.2, -0.15) is 0 Å². The molecule has 5 heteroatoms. The molecule has 0 fully saturated rings. The molecule has 0 spiro atoms. The number of hydrogen-bond donors (Lipinski definition) is 2. The van der Waals surface area contributed by atoms with Gasteiger partial charge >= 0.3 is 5.91 Å². The summed E-state index contributed by atoms with van der Waals surface area (Å²) < 4.78 is 5.45. The van der Waals surface area contributed by atoms with Crippen LogP contribution in [0, 0.1) is 0 Å². The second-order valence-corrected chi connectivity index (χ2v) is 6.13. The number of nitrogens with one attached hydrogen (secondary N) is 1. The molecule has 130 valence electrons. The Bertz CT molecular complexity index is 716. The fourth-order valence-electron chi connectivity index (χ4n) is 2.84. The lowest BCUT2D eigenvalue weighted by atomic mass is 10.1. The third-order valence-corrected chi connectivity index (χ3v) is 4.10. The van der Waals surface area contributed by atoms with Gasteiger partial charge in [-0.3, -0.25) is 4.79 Å². The highest BCUT2D eigenvalue weighted by atomic mass is 16.5. The lowest BCUT2D eigenvalue weighted by Gasteiger charge is -2.16. The third-order valence-electron chi connectivity index (χ3n) is 4.10. The maximum absolute atomic E-state index is 12.3. The average molecular weight is 338 g/mol. The molecule has 0 bridgehead atoms. The molecule has 0 unspecified atom stereocenters. The minimum absolute atomic E-state index is 0.0511. The van der Waals surface area contributed by atoms with Crippen LogP contribution in [0.15, 0.2) is 65.7 Å². The van der Waals surface area contributed by atoms with Crippen molar-refractivity contribution >= 4 is 11.8 Å². The van der Waals surface area contributed by atoms with Crippen LogP contribution in [0.2, 0.25) is 0 Å². The van der Waals surface area contributed by atoms with Crippen LogP contribution in [0.1, 0.15) is 11.1 Å². The summed E-state index contributed by atoms with van der Waals surface area (Å²) in [7, 11) is 0. The number of rotatable bonds is 7. The molecule has 2 aromatic carbocycles. The van der Waals surface area contributed by atoms with Gasteiger partial charge in [0, 0.05) is 0 Å². The quantitative estimate of drug-likeness (QED) is 0.808. The van der Waals surface area contributed by atoms with Crippen molar-refractivity contribution in [2.75, 3.05) is 13.2 Å². The Kier molecular flexibility index (Phi) is 5.80. The lowest BCUT2D eigenvalue weighted by Crippen LogP contribution is -2.42. The standard InChI is InChI=1S/C20H22N2O3/c23-13-17(11-15-7-3-1-4-8-15)21-19(24)20-22-18(14-25-20)12-16-9-5-2-6-10-16/h1-10,17-18,23H,11-14H2,(H,21,24)/t17-,18-/m0/s1. The van der Waals surface area contributed by atoms with Crippen molar-refractivity contribution in [1.29, 1.82) is 0 Å². The fraction of sp³-hybridized carbons (Fsp3) is 0.300. The van der Waals surface area contributed by atoms with Gasteiger partial charge < -0.3 is 15.2 Å². The molecule has 2 N–H and O–H groups in total. The fourth-order valence-corrected chi connectivity index (χ4v) is 2.84. The topological polar surface area (TPSA) is 70.9 Å². The van der Waals surface area contributed by atoms with E-state index in [2.05, 4.69) is 10.3 Å². The summed E-state index contributed by atoms with van der Waals surface area (Å²) in [4.78, 5) is 16.7. The number of carbonyl (C=O) groups excluding carboxylic acids is 1. The van der Waals surface area contributed by atoms with Gasteiger partial charge in [-0.1, -0.05) is 60.7 Å². The van der Waals surface area contributed by atoms with Crippen molar-refractivity contribution < 1.29 is 14.6 Å². The van der Waals surface area contributed by atoms with Crippen molar-refractivity contribution in [2.45, 2.75) is 24.9 Å². The van der Waals surface area contributed by atoms with E-state index in [0.29, 0.717) is 13.0 Å². The maximum atomic E-state index is 12.3. The highest BCUT2D eigenvalue weighted by molar-refractivity contribution is 6.35. The number of carbonyl (C=O) groups is 1. The maximum Gasteiger partial charge on any atom is 0.306 e. The average Bonchev–Trinajstić information content (AvgIpc) is 3.11. The van der Waals surface area contributed by atoms with E-state index in [1.165, 1.54) is 5.56 Å². The molecule has 0 radical (unpaired) electrons. The zero-order valence-electron chi connectivity index (χ0n) is 14.0. The summed E-state index contributed by atoms with van der Waals surface area (Å²) in [6, 6.07) is 19.3. The second-order valence-electron chi connectivity index (χ2n) is 6.13. The molecular weight excluding hydrogens is 316 g/mol. The Morgan fingerprint density at radius 3 is 2.40 bits per heavy atom. The van der Waals surface area contributed by atoms with Gasteiger partial charge in [0.05, 0.1) is 18.7 Å². The van der Waals surface area contributed by atoms with Crippen molar-refractivity contribution in [3.05, 3.63) is 71.8 Å². The Morgan fingerprint density at radius 1 is 1.12 bits per heavy atom. The van der Waals surface area contributed by atoms with E-state index in [-0.39, 0.29) is 30.5 Å². The largest absolute Gasteiger partial charge is 0.472 e. The van der Waals surface area contributed by atoms with Gasteiger partial charge in [-0.05, 0) is 24.0 Å². The summed E-state index contributed by atoms with van der Waals surface area (Å²) in [5.74, 6) is -0.266. The Hall–Kier alpha value is -2.66. The molecule has 0 aliphatic carbocycles. The molecule has 3 rings (SSSR count). The summed E-state index contributed by atoms with van der Waals surface area (Å²) >= 11 is 0. The SMILES string of the molecule is O=C(N[C@H](CO)Cc1ccccc1)C1=N[C@@H](Cc2ccccc2)CO1. The predicted molar refractivity (Wildman–Crippen MR) is 96.5 cm³/mol. The van der Waals surface area contributed by atoms with Crippen LogP contribution >= 0.6 is 0 Å². The number of aliphatic imine (C=N–C) groups is 1. The number of amides is 1. The number of benzene rings is 2. The highest BCUT2D eigenvalue weighted by Gasteiger charge is 2.26. The molecule has 1 heterocycles. The van der Waals surface area contributed by atoms with Crippen molar-refractivity contribution in [1.82, 2.24) is 5.32 Å². The number of aliphatic hydroxyl groups excluding tert-OH is 1. The van der Waals surface area contributed by atoms with Gasteiger partial charge in [0.1, 0.15) is 6.61 Å². The van der Waals surface area contributed by atoms with E-state index in [4.69, 9.17) is 4.74 Å². The normalized spacial score (nSPS) is 17.5. The zero-order chi connectivity index (χ0) is 17.5. The molecule has 5 nitrogen and oxygen atoms in total. The van der Waals surface area contributed by atoms with E-state index in [1.807, 2.05) is 60.7 Å². The lowest BCUT2D eigenvalue weighted by molar-refractivity contribution is -0.117. The molecule has 2 aromatic rings. The molecule has 1 amide bonds. The van der Waals surface area contributed by atoms with E-state index in [9.17, 15) is 9.90 Å². The van der Waals surface area contributed by atoms with Crippen LogP contribution in [0.3, 0.4) is 0 Å². The molecule has 25 heavy (non-hydrogen) atoms. The Balaban J connectivity index is 1.56. The second kappa shape index (κ2) is 8.44. The number of nitrogens with zero attached hydrogens (tertiary/aromatic N) is 1. The van der Waals surface area contributed by atoms with E-state index in [0.717, 1.165) is 12.0 Å². The highest BCUT2D eigenvalue weighted by Crippen LogP contribution is 2.12. The van der Waals surface area contributed by atoms with Crippen LogP contribution in [0.25, 0.3) is 0 Å². The molecule has 1 aliphatic rings. The Labute approximate surface area is 147 Å². The van der Waals surface area contributed by atoms with Gasteiger partial charge in [0.25, 0.3) is 5.90 Å². The van der Waals surface area contributed by atoms with Crippen molar-refractivity contribution in [3.63, 3.8) is 0 Å². The zero-order valence-corrected chi connectivity index (χ0v) is 14.0. The first-order chi connectivity index (χ1) is 12.2. The van der Waals surface area contributed by atoms with Crippen molar-refractivity contribution in [3.8, 4) is 0 Å². The van der Waals surface area contributed by atoms with Gasteiger partial charge in [-0.15, -0.1) is 0 Å². The minimum Gasteiger partial charge on any atom is -0.472 e. The smallest absolute Gasteiger partial charge is 0.306 e. The summed E-state index contributed by atoms with van der Waals surface area (Å²) in [5.41, 5.74) is 2.22. The van der Waals surface area contributed by atoms with Crippen LogP contribution in [-0.2, 0) is 22.4 Å². The Morgan fingerprint density at radius 2 is 1.76 bits per heavy atom. The molecule has 0 saturated carbocycles. The van der Waals surface area contributed by atoms with Crippen LogP contribution < -0.4 is 5.32 Å². The molecule has 0 saturated heterocycles. The first-order valence-electron chi connectivity index (χ1n) is 8.45. The number of aliphatic hydroxyl groups is 1. The minimum atomic E-state index is -0.370. The molecular formula is C20H22N2O3. The first kappa shape index (κ1) is 17.2. The summed E-state index contributed by atoms with van der Waals surface area (Å²) in [6.45, 7) is 0.265. The van der Waals surface area contributed by atoms with Crippen LogP contribution in [0.4, 0.5) is 0 Å². The summed E-state index contributed by atoms with van der Waals surface area (Å²) in [5, 5.41) is 12.3. The summed E-state index contributed by atoms with van der Waals surface area (Å²) in [6.07, 6.45) is 1.30. The first-order valence-corrected chi connectivity index (χ1v) is 8.45. The van der Waals surface area contributed by atoms with Crippen molar-refractivity contribution in [2.24, 2.45) is 4.99 Å². The van der Waals surface area contributed by atoms with Crippen LogP contribution in [-0.4, -0.2) is 42.2 Å². The van der Waals surface area contributed by atoms with Gasteiger partial charge in [0.15, 0.2) is 0 Å². The monoisotopic (exact) mass is 338 g/mol. The third kappa shape index (κ3) is 4.90. The molecule has 1 aliphatic heterocycles. The predicted octanol–water partition coefficient (Wildman–Crippen LogP) is 1.75. The van der Waals surface area contributed by atoms with Crippen LogP contribution in [0.5, 0.6) is 0 Å². The molecule has 0 aromatic heterocycles. The van der Waals surface area contributed by atoms with E-state index in [1.54, 1.807) is 0 Å². The number of hydrogen-bond acceptors (Lipinski definition) is 4. The number of ether oxygens (including phenoxy) is 1. The van der Waals surface area contributed by atoms with Gasteiger partial charge in [-0.25, -0.2) is 4.99 Å². The van der Waals surface area contributed by atoms with E-state index >= 15 is 0 Å².